The topological polar surface area (TPSA) is 21.3 Å². The molecule has 0 bridgehead atoms. The van der Waals surface area contributed by atoms with Gasteiger partial charge in [-0.15, -0.1) is 0 Å². The van der Waals surface area contributed by atoms with Gasteiger partial charge in [0.1, 0.15) is 11.5 Å². The predicted octanol–water partition coefficient (Wildman–Crippen LogP) is 5.61. The van der Waals surface area contributed by atoms with Crippen LogP contribution in [0, 0.1) is 6.92 Å². The van der Waals surface area contributed by atoms with Crippen molar-refractivity contribution in [3.8, 4) is 11.5 Å². The second kappa shape index (κ2) is 7.62. The minimum atomic E-state index is 0.414. The molecule has 0 aliphatic rings. The number of rotatable bonds is 6. The van der Waals surface area contributed by atoms with E-state index >= 15 is 0 Å². The molecule has 0 saturated heterocycles. The van der Waals surface area contributed by atoms with E-state index in [0.717, 1.165) is 34.5 Å². The van der Waals surface area contributed by atoms with Gasteiger partial charge in [-0.05, 0) is 55.3 Å². The molecule has 0 aliphatic heterocycles. The van der Waals surface area contributed by atoms with Crippen LogP contribution in [-0.4, -0.2) is 6.54 Å². The Hall–Kier alpha value is -1.32. The van der Waals surface area contributed by atoms with Crippen molar-refractivity contribution < 1.29 is 4.74 Å². The maximum atomic E-state index is 5.97. The number of hydrogen-bond donors (Lipinski definition) is 1. The number of nitrogens with one attached hydrogen (secondary N) is 1. The summed E-state index contributed by atoms with van der Waals surface area (Å²) in [7, 11) is 0. The van der Waals surface area contributed by atoms with Crippen LogP contribution in [0.1, 0.15) is 37.4 Å². The summed E-state index contributed by atoms with van der Waals surface area (Å²) in [6, 6.07) is 14.8. The highest BCUT2D eigenvalue weighted by Crippen LogP contribution is 2.29. The largest absolute Gasteiger partial charge is 0.457 e. The van der Waals surface area contributed by atoms with E-state index in [4.69, 9.17) is 4.74 Å². The van der Waals surface area contributed by atoms with Gasteiger partial charge in [-0.2, -0.15) is 0 Å². The lowest BCUT2D eigenvalue weighted by atomic mass is 10.0. The minimum absolute atomic E-state index is 0.414. The fraction of sp³-hybridized carbons (Fsp3) is 0.333. The van der Waals surface area contributed by atoms with Crippen LogP contribution in [0.2, 0.25) is 0 Å². The third kappa shape index (κ3) is 4.32. The molecule has 0 amide bonds. The molecule has 1 atom stereocenters. The first kappa shape index (κ1) is 16.1. The maximum absolute atomic E-state index is 5.97. The van der Waals surface area contributed by atoms with Crippen molar-refractivity contribution in [2.45, 2.75) is 33.2 Å². The number of aryl methyl sites for hydroxylation is 1. The van der Waals surface area contributed by atoms with Crippen molar-refractivity contribution in [3.63, 3.8) is 0 Å². The van der Waals surface area contributed by atoms with E-state index in [1.165, 1.54) is 5.56 Å². The van der Waals surface area contributed by atoms with Crippen LogP contribution in [0.25, 0.3) is 0 Å². The summed E-state index contributed by atoms with van der Waals surface area (Å²) in [4.78, 5) is 0. The molecule has 2 aromatic carbocycles. The molecule has 0 radical (unpaired) electrons. The Kier molecular flexibility index (Phi) is 5.83. The quantitative estimate of drug-likeness (QED) is 0.733. The lowest BCUT2D eigenvalue weighted by Gasteiger charge is -2.17. The van der Waals surface area contributed by atoms with Gasteiger partial charge in [-0.25, -0.2) is 0 Å². The predicted molar refractivity (Wildman–Crippen MR) is 92.1 cm³/mol. The molecule has 1 N–H and O–H groups in total. The summed E-state index contributed by atoms with van der Waals surface area (Å²) in [5, 5.41) is 3.49. The van der Waals surface area contributed by atoms with E-state index in [9.17, 15) is 0 Å². The van der Waals surface area contributed by atoms with E-state index < -0.39 is 0 Å². The van der Waals surface area contributed by atoms with E-state index in [2.05, 4.69) is 54.2 Å². The summed E-state index contributed by atoms with van der Waals surface area (Å²) in [5.41, 5.74) is 2.43. The standard InChI is InChI=1S/C18H22BrNO/c1-4-17(20-5-2)14-7-10-16(11-8-14)21-18-12-15(19)9-6-13(18)3/h6-12,17,20H,4-5H2,1-3H3. The second-order valence-electron chi connectivity index (χ2n) is 5.10. The van der Waals surface area contributed by atoms with E-state index in [-0.39, 0.29) is 0 Å². The summed E-state index contributed by atoms with van der Waals surface area (Å²) >= 11 is 3.48. The first-order valence-electron chi connectivity index (χ1n) is 7.41. The van der Waals surface area contributed by atoms with Gasteiger partial charge in [0.2, 0.25) is 0 Å². The molecular formula is C18H22BrNO. The Morgan fingerprint density at radius 2 is 1.81 bits per heavy atom. The third-order valence-electron chi connectivity index (χ3n) is 3.52. The van der Waals surface area contributed by atoms with Crippen LogP contribution in [0.3, 0.4) is 0 Å². The van der Waals surface area contributed by atoms with Crippen molar-refractivity contribution in [3.05, 3.63) is 58.1 Å². The Morgan fingerprint density at radius 3 is 2.43 bits per heavy atom. The Balaban J connectivity index is 2.13. The number of hydrogen-bond acceptors (Lipinski definition) is 2. The molecular weight excluding hydrogens is 326 g/mol. The van der Waals surface area contributed by atoms with Gasteiger partial charge < -0.3 is 10.1 Å². The number of ether oxygens (including phenoxy) is 1. The molecule has 1 unspecified atom stereocenters. The van der Waals surface area contributed by atoms with Crippen LogP contribution in [0.15, 0.2) is 46.9 Å². The molecule has 0 saturated carbocycles. The first-order valence-corrected chi connectivity index (χ1v) is 8.20. The fourth-order valence-electron chi connectivity index (χ4n) is 2.32. The van der Waals surface area contributed by atoms with Crippen molar-refractivity contribution in [2.24, 2.45) is 0 Å². The van der Waals surface area contributed by atoms with Gasteiger partial charge in [0.25, 0.3) is 0 Å². The summed E-state index contributed by atoms with van der Waals surface area (Å²) in [6.07, 6.45) is 1.08. The zero-order valence-corrected chi connectivity index (χ0v) is 14.4. The normalized spacial score (nSPS) is 12.2. The van der Waals surface area contributed by atoms with Crippen LogP contribution >= 0.6 is 15.9 Å². The lowest BCUT2D eigenvalue weighted by molar-refractivity contribution is 0.477. The number of benzene rings is 2. The van der Waals surface area contributed by atoms with Crippen molar-refractivity contribution >= 4 is 15.9 Å². The van der Waals surface area contributed by atoms with Crippen LogP contribution < -0.4 is 10.1 Å². The Labute approximate surface area is 135 Å². The van der Waals surface area contributed by atoms with Gasteiger partial charge in [-0.1, -0.05) is 48.0 Å². The smallest absolute Gasteiger partial charge is 0.131 e. The van der Waals surface area contributed by atoms with Gasteiger partial charge in [0.05, 0.1) is 0 Å². The molecule has 21 heavy (non-hydrogen) atoms. The first-order chi connectivity index (χ1) is 10.1. The molecule has 0 aliphatic carbocycles. The molecule has 0 fully saturated rings. The van der Waals surface area contributed by atoms with Crippen molar-refractivity contribution in [1.82, 2.24) is 5.32 Å². The SMILES string of the molecule is CCNC(CC)c1ccc(Oc2cc(Br)ccc2C)cc1. The highest BCUT2D eigenvalue weighted by molar-refractivity contribution is 9.10. The van der Waals surface area contributed by atoms with Gasteiger partial charge in [0, 0.05) is 10.5 Å². The van der Waals surface area contributed by atoms with E-state index in [1.54, 1.807) is 0 Å². The summed E-state index contributed by atoms with van der Waals surface area (Å²) in [5.74, 6) is 1.75. The molecule has 0 spiro atoms. The van der Waals surface area contributed by atoms with Crippen molar-refractivity contribution in [1.29, 1.82) is 0 Å². The van der Waals surface area contributed by atoms with E-state index in [1.807, 2.05) is 30.3 Å². The number of halogens is 1. The van der Waals surface area contributed by atoms with Gasteiger partial charge in [-0.3, -0.25) is 0 Å². The zero-order chi connectivity index (χ0) is 15.2. The fourth-order valence-corrected chi connectivity index (χ4v) is 2.66. The van der Waals surface area contributed by atoms with Crippen molar-refractivity contribution in [2.75, 3.05) is 6.54 Å². The Morgan fingerprint density at radius 1 is 1.10 bits per heavy atom. The molecule has 2 nitrogen and oxygen atoms in total. The third-order valence-corrected chi connectivity index (χ3v) is 4.01. The second-order valence-corrected chi connectivity index (χ2v) is 6.02. The minimum Gasteiger partial charge on any atom is -0.457 e. The maximum Gasteiger partial charge on any atom is 0.131 e. The zero-order valence-electron chi connectivity index (χ0n) is 12.8. The van der Waals surface area contributed by atoms with Crippen LogP contribution in [0.4, 0.5) is 0 Å². The van der Waals surface area contributed by atoms with Crippen LogP contribution in [-0.2, 0) is 0 Å². The molecule has 112 valence electrons. The van der Waals surface area contributed by atoms with E-state index in [0.29, 0.717) is 6.04 Å². The van der Waals surface area contributed by atoms with Gasteiger partial charge >= 0.3 is 0 Å². The highest BCUT2D eigenvalue weighted by Gasteiger charge is 2.08. The monoisotopic (exact) mass is 347 g/mol. The average molecular weight is 348 g/mol. The molecule has 2 rings (SSSR count). The Bertz CT molecular complexity index is 580. The molecule has 2 aromatic rings. The summed E-state index contributed by atoms with van der Waals surface area (Å²) in [6.45, 7) is 7.36. The lowest BCUT2D eigenvalue weighted by Crippen LogP contribution is -2.19. The van der Waals surface area contributed by atoms with Crippen LogP contribution in [0.5, 0.6) is 11.5 Å². The summed E-state index contributed by atoms with van der Waals surface area (Å²) < 4.78 is 6.99. The highest BCUT2D eigenvalue weighted by atomic mass is 79.9. The molecule has 0 aromatic heterocycles. The molecule has 3 heteroatoms. The molecule has 0 heterocycles. The average Bonchev–Trinajstić information content (AvgIpc) is 2.49. The van der Waals surface area contributed by atoms with Gasteiger partial charge in [0.15, 0.2) is 0 Å².